The summed E-state index contributed by atoms with van der Waals surface area (Å²) in [6.07, 6.45) is 3.40. The number of ketones is 1. The molecule has 0 saturated heterocycles. The second-order valence-electron chi connectivity index (χ2n) is 5.11. The van der Waals surface area contributed by atoms with Crippen LogP contribution in [-0.4, -0.2) is 30.4 Å². The molecule has 0 saturated carbocycles. The normalized spacial score (nSPS) is 13.3. The third-order valence-corrected chi connectivity index (χ3v) is 3.61. The Morgan fingerprint density at radius 2 is 1.87 bits per heavy atom. The summed E-state index contributed by atoms with van der Waals surface area (Å²) >= 11 is 0. The Morgan fingerprint density at radius 3 is 2.61 bits per heavy atom. The number of nitrogens with zero attached hydrogens (tertiary/aromatic N) is 1. The van der Waals surface area contributed by atoms with Gasteiger partial charge in [-0.05, 0) is 35.9 Å². The van der Waals surface area contributed by atoms with E-state index in [4.69, 9.17) is 4.74 Å². The van der Waals surface area contributed by atoms with Crippen LogP contribution in [0.1, 0.15) is 15.9 Å². The molecule has 2 amide bonds. The highest BCUT2D eigenvalue weighted by Crippen LogP contribution is 2.18. The molecule has 1 aliphatic rings. The number of Topliss-reactive ketones (excluding diaryl/α,β-unsaturated/α-hetero) is 1. The smallest absolute Gasteiger partial charge is 0.326 e. The van der Waals surface area contributed by atoms with Crippen LogP contribution in [0, 0.1) is 0 Å². The van der Waals surface area contributed by atoms with Crippen LogP contribution in [-0.2, 0) is 0 Å². The van der Waals surface area contributed by atoms with Crippen molar-refractivity contribution in [3.05, 3.63) is 65.9 Å². The lowest BCUT2D eigenvalue weighted by atomic mass is 10.0. The molecule has 3 rings (SSSR count). The summed E-state index contributed by atoms with van der Waals surface area (Å²) in [6, 6.07) is 14.0. The summed E-state index contributed by atoms with van der Waals surface area (Å²) in [5.41, 5.74) is 2.08. The van der Waals surface area contributed by atoms with Crippen molar-refractivity contribution in [1.29, 1.82) is 0 Å². The topological polar surface area (TPSA) is 58.6 Å². The van der Waals surface area contributed by atoms with Gasteiger partial charge in [0.15, 0.2) is 5.78 Å². The van der Waals surface area contributed by atoms with Crippen molar-refractivity contribution in [3.63, 3.8) is 0 Å². The highest BCUT2D eigenvalue weighted by Gasteiger charge is 2.20. The number of amides is 2. The van der Waals surface area contributed by atoms with E-state index < -0.39 is 0 Å². The van der Waals surface area contributed by atoms with Gasteiger partial charge in [-0.15, -0.1) is 0 Å². The summed E-state index contributed by atoms with van der Waals surface area (Å²) in [5, 5.41) is 2.77. The van der Waals surface area contributed by atoms with Crippen molar-refractivity contribution in [2.45, 2.75) is 0 Å². The molecule has 5 nitrogen and oxygen atoms in total. The quantitative estimate of drug-likeness (QED) is 0.925. The summed E-state index contributed by atoms with van der Waals surface area (Å²) in [6.45, 7) is 0.00943. The lowest BCUT2D eigenvalue weighted by Crippen LogP contribution is -2.34. The van der Waals surface area contributed by atoms with Crippen LogP contribution >= 0.6 is 0 Å². The van der Waals surface area contributed by atoms with Crippen molar-refractivity contribution < 1.29 is 14.3 Å². The number of hydrogen-bond acceptors (Lipinski definition) is 3. The van der Waals surface area contributed by atoms with Crippen LogP contribution in [0.25, 0.3) is 6.08 Å². The van der Waals surface area contributed by atoms with Crippen molar-refractivity contribution >= 4 is 23.6 Å². The van der Waals surface area contributed by atoms with Gasteiger partial charge >= 0.3 is 6.03 Å². The summed E-state index contributed by atoms with van der Waals surface area (Å²) in [4.78, 5) is 26.0. The Balaban J connectivity index is 1.74. The molecule has 1 N–H and O–H groups in total. The van der Waals surface area contributed by atoms with E-state index in [9.17, 15) is 9.59 Å². The summed E-state index contributed by atoms with van der Waals surface area (Å²) in [5.74, 6) is 0.624. The van der Waals surface area contributed by atoms with Gasteiger partial charge in [0.2, 0.25) is 0 Å². The Hall–Kier alpha value is -3.08. The van der Waals surface area contributed by atoms with E-state index in [1.165, 1.54) is 4.90 Å². The van der Waals surface area contributed by atoms with E-state index in [-0.39, 0.29) is 18.4 Å². The lowest BCUT2D eigenvalue weighted by molar-refractivity contribution is 0.0966. The molecule has 1 aliphatic heterocycles. The molecule has 0 atom stereocenters. The lowest BCUT2D eigenvalue weighted by Gasteiger charge is -2.17. The molecular weight excluding hydrogens is 292 g/mol. The van der Waals surface area contributed by atoms with Crippen LogP contribution in [0.5, 0.6) is 5.75 Å². The minimum Gasteiger partial charge on any atom is -0.497 e. The Morgan fingerprint density at radius 1 is 1.13 bits per heavy atom. The van der Waals surface area contributed by atoms with Gasteiger partial charge in [0.1, 0.15) is 5.75 Å². The average molecular weight is 308 g/mol. The third kappa shape index (κ3) is 3.23. The number of anilines is 1. The largest absolute Gasteiger partial charge is 0.497 e. The van der Waals surface area contributed by atoms with Gasteiger partial charge in [-0.2, -0.15) is 0 Å². The Bertz CT molecular complexity index is 766. The predicted octanol–water partition coefficient (Wildman–Crippen LogP) is 3.40. The van der Waals surface area contributed by atoms with Crippen molar-refractivity contribution in [2.24, 2.45) is 0 Å². The number of benzene rings is 2. The van der Waals surface area contributed by atoms with Gasteiger partial charge in [0, 0.05) is 17.5 Å². The van der Waals surface area contributed by atoms with Gasteiger partial charge in [0.25, 0.3) is 0 Å². The van der Waals surface area contributed by atoms with Crippen LogP contribution in [0.3, 0.4) is 0 Å². The average Bonchev–Trinajstić information content (AvgIpc) is 2.75. The molecule has 1 heterocycles. The minimum atomic E-state index is -0.354. The molecule has 5 heteroatoms. The number of fused-ring (bicyclic) bond motifs is 1. The summed E-state index contributed by atoms with van der Waals surface area (Å²) in [7, 11) is 1.58. The number of nitrogens with one attached hydrogen (secondary N) is 1. The van der Waals surface area contributed by atoms with E-state index in [0.717, 1.165) is 5.56 Å². The van der Waals surface area contributed by atoms with E-state index >= 15 is 0 Å². The first kappa shape index (κ1) is 14.8. The van der Waals surface area contributed by atoms with E-state index in [2.05, 4.69) is 5.32 Å². The number of carbonyl (C=O) groups excluding carboxylic acids is 2. The van der Waals surface area contributed by atoms with E-state index in [1.54, 1.807) is 49.7 Å². The highest BCUT2D eigenvalue weighted by molar-refractivity contribution is 6.04. The maximum absolute atomic E-state index is 12.4. The SMILES string of the molecule is COc1ccc(NC(=O)N2C=Cc3ccccc3C(=O)C2)cc1. The zero-order valence-electron chi connectivity index (χ0n) is 12.7. The number of urea groups is 1. The first-order valence-corrected chi connectivity index (χ1v) is 7.19. The van der Waals surface area contributed by atoms with Gasteiger partial charge in [-0.1, -0.05) is 24.3 Å². The van der Waals surface area contributed by atoms with E-state index in [1.807, 2.05) is 18.2 Å². The molecule has 0 spiro atoms. The fraction of sp³-hybridized carbons (Fsp3) is 0.111. The van der Waals surface area contributed by atoms with Crippen LogP contribution in [0.4, 0.5) is 10.5 Å². The van der Waals surface area contributed by atoms with Crippen molar-refractivity contribution in [1.82, 2.24) is 4.90 Å². The maximum Gasteiger partial charge on any atom is 0.326 e. The van der Waals surface area contributed by atoms with Crippen LogP contribution in [0.2, 0.25) is 0 Å². The fourth-order valence-corrected chi connectivity index (χ4v) is 2.37. The number of rotatable bonds is 2. The van der Waals surface area contributed by atoms with Crippen molar-refractivity contribution in [3.8, 4) is 5.75 Å². The highest BCUT2D eigenvalue weighted by atomic mass is 16.5. The molecule has 0 aromatic heterocycles. The molecule has 2 aromatic rings. The second-order valence-corrected chi connectivity index (χ2v) is 5.11. The number of hydrogen-bond donors (Lipinski definition) is 1. The molecule has 116 valence electrons. The Kier molecular flexibility index (Phi) is 4.10. The summed E-state index contributed by atoms with van der Waals surface area (Å²) < 4.78 is 5.08. The molecular formula is C18H16N2O3. The van der Waals surface area contributed by atoms with Gasteiger partial charge in [-0.3, -0.25) is 9.69 Å². The number of methoxy groups -OCH3 is 1. The Labute approximate surface area is 134 Å². The van der Waals surface area contributed by atoms with Crippen molar-refractivity contribution in [2.75, 3.05) is 19.0 Å². The van der Waals surface area contributed by atoms with Gasteiger partial charge < -0.3 is 10.1 Å². The van der Waals surface area contributed by atoms with Gasteiger partial charge in [0.05, 0.1) is 13.7 Å². The predicted molar refractivity (Wildman–Crippen MR) is 88.5 cm³/mol. The first-order chi connectivity index (χ1) is 11.2. The maximum atomic E-state index is 12.4. The molecule has 0 aliphatic carbocycles. The molecule has 0 unspecified atom stereocenters. The molecule has 23 heavy (non-hydrogen) atoms. The first-order valence-electron chi connectivity index (χ1n) is 7.19. The standard InChI is InChI=1S/C18H16N2O3/c1-23-15-8-6-14(7-9-15)19-18(22)20-11-10-13-4-2-3-5-16(13)17(21)12-20/h2-11H,12H2,1H3,(H,19,22). The third-order valence-electron chi connectivity index (χ3n) is 3.61. The second kappa shape index (κ2) is 6.36. The van der Waals surface area contributed by atoms with E-state index in [0.29, 0.717) is 17.0 Å². The zero-order chi connectivity index (χ0) is 16.2. The molecule has 0 fully saturated rings. The number of ether oxygens (including phenoxy) is 1. The molecule has 2 aromatic carbocycles. The number of carbonyl (C=O) groups is 2. The minimum absolute atomic E-state index is 0.00943. The van der Waals surface area contributed by atoms with Crippen LogP contribution in [0.15, 0.2) is 54.7 Å². The van der Waals surface area contributed by atoms with Crippen LogP contribution < -0.4 is 10.1 Å². The van der Waals surface area contributed by atoms with Gasteiger partial charge in [-0.25, -0.2) is 4.79 Å². The monoisotopic (exact) mass is 308 g/mol. The fourth-order valence-electron chi connectivity index (χ4n) is 2.37. The zero-order valence-corrected chi connectivity index (χ0v) is 12.7. The molecule has 0 bridgehead atoms. The molecule has 0 radical (unpaired) electrons.